The maximum absolute atomic E-state index is 10.9. The first kappa shape index (κ1) is 15.4. The fraction of sp³-hybridized carbons (Fsp3) is 0.667. The van der Waals surface area contributed by atoms with Gasteiger partial charge in [-0.2, -0.15) is 0 Å². The molecule has 2 atom stereocenters. The summed E-state index contributed by atoms with van der Waals surface area (Å²) in [7, 11) is 1.68. The highest BCUT2D eigenvalue weighted by Gasteiger charge is 2.40. The molecule has 0 radical (unpaired) electrons. The van der Waals surface area contributed by atoms with Gasteiger partial charge in [0.25, 0.3) is 0 Å². The summed E-state index contributed by atoms with van der Waals surface area (Å²) in [6, 6.07) is 8.18. The van der Waals surface area contributed by atoms with Crippen LogP contribution in [-0.4, -0.2) is 17.8 Å². The summed E-state index contributed by atoms with van der Waals surface area (Å²) in [6.45, 7) is 6.82. The molecule has 0 amide bonds. The predicted octanol–water partition coefficient (Wildman–Crippen LogP) is 4.21. The summed E-state index contributed by atoms with van der Waals surface area (Å²) in [5, 5.41) is 10.9. The van der Waals surface area contributed by atoms with Gasteiger partial charge in [-0.25, -0.2) is 0 Å². The summed E-state index contributed by atoms with van der Waals surface area (Å²) in [5.41, 5.74) is 1.03. The van der Waals surface area contributed by atoms with Crippen molar-refractivity contribution in [3.63, 3.8) is 0 Å². The molecule has 2 unspecified atom stereocenters. The first-order valence-corrected chi connectivity index (χ1v) is 7.67. The Morgan fingerprint density at radius 2 is 1.85 bits per heavy atom. The monoisotopic (exact) mass is 276 g/mol. The maximum Gasteiger partial charge on any atom is 0.118 e. The van der Waals surface area contributed by atoms with Crippen LogP contribution in [0.1, 0.15) is 52.0 Å². The fourth-order valence-corrected chi connectivity index (χ4v) is 4.06. The van der Waals surface area contributed by atoms with E-state index in [1.165, 1.54) is 12.0 Å². The molecule has 0 heterocycles. The lowest BCUT2D eigenvalue weighted by Crippen LogP contribution is -2.42. The second-order valence-corrected chi connectivity index (χ2v) is 7.43. The van der Waals surface area contributed by atoms with Gasteiger partial charge in [0.05, 0.1) is 12.7 Å². The van der Waals surface area contributed by atoms with Crippen LogP contribution in [-0.2, 0) is 6.42 Å². The summed E-state index contributed by atoms with van der Waals surface area (Å²) >= 11 is 0. The lowest BCUT2D eigenvalue weighted by atomic mass is 9.64. The molecule has 20 heavy (non-hydrogen) atoms. The number of aliphatic hydroxyl groups is 1. The highest BCUT2D eigenvalue weighted by atomic mass is 16.5. The van der Waals surface area contributed by atoms with Crippen molar-refractivity contribution in [2.75, 3.05) is 7.11 Å². The quantitative estimate of drug-likeness (QED) is 0.893. The topological polar surface area (TPSA) is 29.5 Å². The number of hydrogen-bond acceptors (Lipinski definition) is 2. The largest absolute Gasteiger partial charge is 0.497 e. The number of methoxy groups -OCH3 is 1. The summed E-state index contributed by atoms with van der Waals surface area (Å²) < 4.78 is 5.18. The summed E-state index contributed by atoms with van der Waals surface area (Å²) in [5.74, 6) is 1.50. The highest BCUT2D eigenvalue weighted by Crippen LogP contribution is 2.45. The van der Waals surface area contributed by atoms with E-state index in [1.807, 2.05) is 12.1 Å². The third-order valence-electron chi connectivity index (χ3n) is 4.48. The van der Waals surface area contributed by atoms with Gasteiger partial charge in [0.2, 0.25) is 0 Å². The minimum atomic E-state index is -0.499. The van der Waals surface area contributed by atoms with Crippen LogP contribution in [0.2, 0.25) is 0 Å². The highest BCUT2D eigenvalue weighted by molar-refractivity contribution is 5.27. The van der Waals surface area contributed by atoms with E-state index in [2.05, 4.69) is 32.9 Å². The van der Waals surface area contributed by atoms with E-state index in [1.54, 1.807) is 7.11 Å². The van der Waals surface area contributed by atoms with Gasteiger partial charge < -0.3 is 9.84 Å². The lowest BCUT2D eigenvalue weighted by Gasteiger charge is -2.44. The third-order valence-corrected chi connectivity index (χ3v) is 4.48. The van der Waals surface area contributed by atoms with Crippen LogP contribution < -0.4 is 4.74 Å². The molecular formula is C18H28O2. The van der Waals surface area contributed by atoms with Gasteiger partial charge in [-0.15, -0.1) is 0 Å². The van der Waals surface area contributed by atoms with E-state index in [0.717, 1.165) is 31.4 Å². The van der Waals surface area contributed by atoms with Gasteiger partial charge in [-0.1, -0.05) is 32.9 Å². The molecule has 2 rings (SSSR count). The van der Waals surface area contributed by atoms with Crippen LogP contribution in [0.4, 0.5) is 0 Å². The molecule has 1 aromatic rings. The molecule has 0 saturated heterocycles. The molecule has 0 bridgehead atoms. The van der Waals surface area contributed by atoms with Crippen LogP contribution in [0.3, 0.4) is 0 Å². The van der Waals surface area contributed by atoms with E-state index in [0.29, 0.717) is 5.92 Å². The van der Waals surface area contributed by atoms with Gasteiger partial charge in [-0.3, -0.25) is 0 Å². The van der Waals surface area contributed by atoms with Crippen LogP contribution >= 0.6 is 0 Å². The molecule has 0 aliphatic heterocycles. The first-order valence-electron chi connectivity index (χ1n) is 7.67. The van der Waals surface area contributed by atoms with Crippen LogP contribution in [0, 0.1) is 11.3 Å². The average Bonchev–Trinajstić information content (AvgIpc) is 2.34. The van der Waals surface area contributed by atoms with Gasteiger partial charge in [0, 0.05) is 0 Å². The average molecular weight is 276 g/mol. The Labute approximate surface area is 123 Å². The molecule has 1 N–H and O–H groups in total. The molecular weight excluding hydrogens is 248 g/mol. The number of benzene rings is 1. The second-order valence-electron chi connectivity index (χ2n) is 7.43. The van der Waals surface area contributed by atoms with E-state index in [4.69, 9.17) is 4.74 Å². The molecule has 1 saturated carbocycles. The Balaban J connectivity index is 1.97. The second kappa shape index (κ2) is 5.77. The first-order chi connectivity index (χ1) is 9.32. The van der Waals surface area contributed by atoms with Crippen molar-refractivity contribution in [2.45, 2.75) is 58.5 Å². The van der Waals surface area contributed by atoms with Gasteiger partial charge >= 0.3 is 0 Å². The smallest absolute Gasteiger partial charge is 0.118 e. The van der Waals surface area contributed by atoms with Crippen molar-refractivity contribution in [2.24, 2.45) is 11.3 Å². The van der Waals surface area contributed by atoms with Crippen LogP contribution in [0.5, 0.6) is 5.75 Å². The van der Waals surface area contributed by atoms with Gasteiger partial charge in [0.1, 0.15) is 5.75 Å². The number of rotatable bonds is 4. The molecule has 1 aliphatic carbocycles. The number of aryl methyl sites for hydroxylation is 1. The van der Waals surface area contributed by atoms with Crippen molar-refractivity contribution in [1.82, 2.24) is 0 Å². The molecule has 2 heteroatoms. The Morgan fingerprint density at radius 3 is 2.40 bits per heavy atom. The zero-order valence-electron chi connectivity index (χ0n) is 13.3. The molecule has 112 valence electrons. The SMILES string of the molecule is COc1ccc(CCC2(O)CC(C)CC(C)(C)C2)cc1. The Hall–Kier alpha value is -1.02. The molecule has 0 aromatic heterocycles. The van der Waals surface area contributed by atoms with Crippen molar-refractivity contribution in [1.29, 1.82) is 0 Å². The van der Waals surface area contributed by atoms with E-state index >= 15 is 0 Å². The Kier molecular flexibility index (Phi) is 4.43. The minimum Gasteiger partial charge on any atom is -0.497 e. The van der Waals surface area contributed by atoms with Crippen molar-refractivity contribution in [3.05, 3.63) is 29.8 Å². The molecule has 0 spiro atoms. The van der Waals surface area contributed by atoms with Gasteiger partial charge in [0.15, 0.2) is 0 Å². The van der Waals surface area contributed by atoms with Crippen molar-refractivity contribution < 1.29 is 9.84 Å². The van der Waals surface area contributed by atoms with E-state index < -0.39 is 5.60 Å². The zero-order valence-corrected chi connectivity index (χ0v) is 13.3. The Morgan fingerprint density at radius 1 is 1.20 bits per heavy atom. The van der Waals surface area contributed by atoms with Crippen molar-refractivity contribution >= 4 is 0 Å². The normalized spacial score (nSPS) is 29.1. The molecule has 2 nitrogen and oxygen atoms in total. The summed E-state index contributed by atoms with van der Waals surface area (Å²) in [6.07, 6.45) is 4.86. The number of hydrogen-bond donors (Lipinski definition) is 1. The number of ether oxygens (including phenoxy) is 1. The predicted molar refractivity (Wildman–Crippen MR) is 83.1 cm³/mol. The van der Waals surface area contributed by atoms with Gasteiger partial charge in [-0.05, 0) is 61.1 Å². The zero-order chi connectivity index (χ0) is 14.8. The molecule has 1 aliphatic rings. The maximum atomic E-state index is 10.9. The third kappa shape index (κ3) is 3.99. The van der Waals surface area contributed by atoms with Crippen LogP contribution in [0.25, 0.3) is 0 Å². The van der Waals surface area contributed by atoms with E-state index in [-0.39, 0.29) is 5.41 Å². The molecule has 1 fully saturated rings. The lowest BCUT2D eigenvalue weighted by molar-refractivity contribution is -0.0633. The summed E-state index contributed by atoms with van der Waals surface area (Å²) in [4.78, 5) is 0. The molecule has 1 aromatic carbocycles. The minimum absolute atomic E-state index is 0.256. The Bertz CT molecular complexity index is 435. The van der Waals surface area contributed by atoms with Crippen molar-refractivity contribution in [3.8, 4) is 5.75 Å². The van der Waals surface area contributed by atoms with Crippen LogP contribution in [0.15, 0.2) is 24.3 Å². The van der Waals surface area contributed by atoms with E-state index in [9.17, 15) is 5.11 Å². The fourth-order valence-electron chi connectivity index (χ4n) is 4.06. The standard InChI is InChI=1S/C18H28O2/c1-14-11-17(2,3)13-18(19,12-14)10-9-15-5-7-16(20-4)8-6-15/h5-8,14,19H,9-13H2,1-4H3.